The first kappa shape index (κ1) is 8.29. The Morgan fingerprint density at radius 2 is 1.87 bits per heavy atom. The van der Waals surface area contributed by atoms with Crippen LogP contribution in [0.15, 0.2) is 36.4 Å². The molecule has 2 aromatic heterocycles. The van der Waals surface area contributed by atoms with Crippen molar-refractivity contribution in [3.63, 3.8) is 0 Å². The van der Waals surface area contributed by atoms with E-state index in [0.717, 1.165) is 11.0 Å². The molecule has 3 heteroatoms. The Morgan fingerprint density at radius 3 is 2.73 bits per heavy atom. The molecule has 1 aromatic carbocycles. The van der Waals surface area contributed by atoms with Gasteiger partial charge in [0, 0.05) is 17.8 Å². The van der Waals surface area contributed by atoms with Gasteiger partial charge in [0.2, 0.25) is 0 Å². The van der Waals surface area contributed by atoms with Crippen molar-refractivity contribution < 1.29 is 0 Å². The third kappa shape index (κ3) is 1.03. The molecule has 0 bridgehead atoms. The lowest BCUT2D eigenvalue weighted by Crippen LogP contribution is -1.93. The second kappa shape index (κ2) is 2.73. The highest BCUT2D eigenvalue weighted by atomic mass is 15.0. The van der Waals surface area contributed by atoms with Gasteiger partial charge in [-0.15, -0.1) is 0 Å². The maximum Gasteiger partial charge on any atom is 0.143 e. The van der Waals surface area contributed by atoms with Crippen molar-refractivity contribution in [2.24, 2.45) is 7.05 Å². The number of aryl methyl sites for hydroxylation is 1. The second-order valence-corrected chi connectivity index (χ2v) is 3.68. The molecule has 3 nitrogen and oxygen atoms in total. The summed E-state index contributed by atoms with van der Waals surface area (Å²) >= 11 is 0. The van der Waals surface area contributed by atoms with Crippen LogP contribution in [0.25, 0.3) is 21.9 Å². The number of nitrogens with zero attached hydrogens (tertiary/aromatic N) is 2. The van der Waals surface area contributed by atoms with Gasteiger partial charge in [-0.1, -0.05) is 18.2 Å². The molecule has 0 aliphatic carbocycles. The number of rotatable bonds is 0. The van der Waals surface area contributed by atoms with Crippen molar-refractivity contribution >= 4 is 27.8 Å². The largest absolute Gasteiger partial charge is 0.384 e. The van der Waals surface area contributed by atoms with Gasteiger partial charge in [-0.2, -0.15) is 0 Å². The molecule has 0 unspecified atom stereocenters. The third-order valence-electron chi connectivity index (χ3n) is 2.77. The van der Waals surface area contributed by atoms with E-state index < -0.39 is 0 Å². The van der Waals surface area contributed by atoms with Crippen LogP contribution in [0, 0.1) is 0 Å². The number of fused-ring (bicyclic) bond motifs is 3. The first-order chi connectivity index (χ1) is 7.27. The molecule has 0 fully saturated rings. The van der Waals surface area contributed by atoms with E-state index >= 15 is 0 Å². The van der Waals surface area contributed by atoms with Crippen LogP contribution in [0.1, 0.15) is 0 Å². The van der Waals surface area contributed by atoms with Crippen molar-refractivity contribution in [2.75, 3.05) is 5.73 Å². The van der Waals surface area contributed by atoms with Crippen molar-refractivity contribution in [1.29, 1.82) is 0 Å². The Morgan fingerprint density at radius 1 is 1.07 bits per heavy atom. The Kier molecular flexibility index (Phi) is 1.51. The molecule has 0 spiro atoms. The van der Waals surface area contributed by atoms with E-state index in [9.17, 15) is 0 Å². The van der Waals surface area contributed by atoms with Crippen LogP contribution in [0.2, 0.25) is 0 Å². The van der Waals surface area contributed by atoms with Crippen LogP contribution in [0.3, 0.4) is 0 Å². The summed E-state index contributed by atoms with van der Waals surface area (Å²) < 4.78 is 2.07. The second-order valence-electron chi connectivity index (χ2n) is 3.68. The first-order valence-electron chi connectivity index (χ1n) is 4.87. The van der Waals surface area contributed by atoms with Crippen LogP contribution < -0.4 is 5.73 Å². The van der Waals surface area contributed by atoms with Crippen molar-refractivity contribution in [3.05, 3.63) is 36.4 Å². The standard InChI is InChI=1S/C12H11N3/c1-15-10-5-3-2-4-8(10)9-6-7-11(13)14-12(9)15/h2-7H,1H3,(H2,13,14). The molecule has 0 radical (unpaired) electrons. The molecule has 0 saturated heterocycles. The van der Waals surface area contributed by atoms with Crippen molar-refractivity contribution in [1.82, 2.24) is 9.55 Å². The summed E-state index contributed by atoms with van der Waals surface area (Å²) in [5.41, 5.74) is 7.82. The molecule has 0 atom stereocenters. The Labute approximate surface area is 87.1 Å². The fourth-order valence-electron chi connectivity index (χ4n) is 2.04. The number of pyridine rings is 1. The highest BCUT2D eigenvalue weighted by Crippen LogP contribution is 2.26. The first-order valence-corrected chi connectivity index (χ1v) is 4.87. The summed E-state index contributed by atoms with van der Waals surface area (Å²) in [6.07, 6.45) is 0. The molecule has 0 aliphatic rings. The maximum atomic E-state index is 5.69. The molecule has 74 valence electrons. The Bertz CT molecular complexity index is 652. The molecule has 15 heavy (non-hydrogen) atoms. The predicted octanol–water partition coefficient (Wildman–Crippen LogP) is 2.31. The quantitative estimate of drug-likeness (QED) is 0.601. The van der Waals surface area contributed by atoms with Gasteiger partial charge in [0.1, 0.15) is 11.5 Å². The number of hydrogen-bond donors (Lipinski definition) is 1. The number of para-hydroxylation sites is 1. The van der Waals surface area contributed by atoms with E-state index in [1.807, 2.05) is 31.3 Å². The fourth-order valence-corrected chi connectivity index (χ4v) is 2.04. The van der Waals surface area contributed by atoms with Gasteiger partial charge >= 0.3 is 0 Å². The molecule has 0 aliphatic heterocycles. The smallest absolute Gasteiger partial charge is 0.143 e. The van der Waals surface area contributed by atoms with Gasteiger partial charge in [-0.25, -0.2) is 4.98 Å². The van der Waals surface area contributed by atoms with Gasteiger partial charge < -0.3 is 10.3 Å². The van der Waals surface area contributed by atoms with E-state index in [4.69, 9.17) is 5.73 Å². The van der Waals surface area contributed by atoms with Crippen LogP contribution in [0.4, 0.5) is 5.82 Å². The summed E-state index contributed by atoms with van der Waals surface area (Å²) in [6, 6.07) is 12.1. The SMILES string of the molecule is Cn1c2ccccc2c2ccc(N)nc21. The van der Waals surface area contributed by atoms with Crippen molar-refractivity contribution in [3.8, 4) is 0 Å². The van der Waals surface area contributed by atoms with Gasteiger partial charge in [0.15, 0.2) is 0 Å². The Hall–Kier alpha value is -2.03. The van der Waals surface area contributed by atoms with Gasteiger partial charge in [-0.05, 0) is 18.2 Å². The molecule has 2 heterocycles. The summed E-state index contributed by atoms with van der Waals surface area (Å²) in [5.74, 6) is 0.563. The fraction of sp³-hybridized carbons (Fsp3) is 0.0833. The van der Waals surface area contributed by atoms with Gasteiger partial charge in [0.25, 0.3) is 0 Å². The van der Waals surface area contributed by atoms with Crippen molar-refractivity contribution in [2.45, 2.75) is 0 Å². The molecule has 0 saturated carbocycles. The lowest BCUT2D eigenvalue weighted by molar-refractivity contribution is 0.991. The summed E-state index contributed by atoms with van der Waals surface area (Å²) in [6.45, 7) is 0. The number of aromatic nitrogens is 2. The number of hydrogen-bond acceptors (Lipinski definition) is 2. The highest BCUT2D eigenvalue weighted by molar-refractivity contribution is 6.06. The lowest BCUT2D eigenvalue weighted by Gasteiger charge is -1.96. The van der Waals surface area contributed by atoms with Crippen LogP contribution >= 0.6 is 0 Å². The zero-order valence-corrected chi connectivity index (χ0v) is 8.44. The minimum atomic E-state index is 0.563. The number of nitrogens with two attached hydrogens (primary N) is 1. The molecule has 0 amide bonds. The van der Waals surface area contributed by atoms with Gasteiger partial charge in [-0.3, -0.25) is 0 Å². The molecular formula is C12H11N3. The number of anilines is 1. The zero-order valence-electron chi connectivity index (χ0n) is 8.44. The Balaban J connectivity index is 2.63. The van der Waals surface area contributed by atoms with E-state index in [-0.39, 0.29) is 0 Å². The molecule has 3 aromatic rings. The lowest BCUT2D eigenvalue weighted by atomic mass is 10.2. The van der Waals surface area contributed by atoms with E-state index in [1.54, 1.807) is 0 Å². The summed E-state index contributed by atoms with van der Waals surface area (Å²) in [4.78, 5) is 4.35. The highest BCUT2D eigenvalue weighted by Gasteiger charge is 2.07. The topological polar surface area (TPSA) is 43.8 Å². The van der Waals surface area contributed by atoms with Gasteiger partial charge in [0.05, 0.1) is 5.52 Å². The summed E-state index contributed by atoms with van der Waals surface area (Å²) in [7, 11) is 2.01. The number of nitrogen functional groups attached to an aromatic ring is 1. The minimum absolute atomic E-state index is 0.563. The van der Waals surface area contributed by atoms with Crippen LogP contribution in [0.5, 0.6) is 0 Å². The van der Waals surface area contributed by atoms with E-state index in [2.05, 4.69) is 21.7 Å². The predicted molar refractivity (Wildman–Crippen MR) is 62.6 cm³/mol. The monoisotopic (exact) mass is 197 g/mol. The summed E-state index contributed by atoms with van der Waals surface area (Å²) in [5, 5.41) is 2.38. The third-order valence-corrected chi connectivity index (χ3v) is 2.77. The molecule has 2 N–H and O–H groups in total. The van der Waals surface area contributed by atoms with E-state index in [1.165, 1.54) is 10.9 Å². The normalized spacial score (nSPS) is 11.3. The number of benzene rings is 1. The van der Waals surface area contributed by atoms with Crippen LogP contribution in [-0.2, 0) is 7.05 Å². The van der Waals surface area contributed by atoms with E-state index in [0.29, 0.717) is 5.82 Å². The average Bonchev–Trinajstić information content (AvgIpc) is 2.54. The zero-order chi connectivity index (χ0) is 10.4. The molecule has 3 rings (SSSR count). The minimum Gasteiger partial charge on any atom is -0.384 e. The maximum absolute atomic E-state index is 5.69. The molecular weight excluding hydrogens is 186 g/mol. The average molecular weight is 197 g/mol. The van der Waals surface area contributed by atoms with Crippen LogP contribution in [-0.4, -0.2) is 9.55 Å².